The zero-order valence-corrected chi connectivity index (χ0v) is 10.8. The van der Waals surface area contributed by atoms with E-state index in [2.05, 4.69) is 4.72 Å². The van der Waals surface area contributed by atoms with Gasteiger partial charge in [-0.1, -0.05) is 13.0 Å². The van der Waals surface area contributed by atoms with Crippen molar-refractivity contribution in [3.63, 3.8) is 0 Å². The lowest BCUT2D eigenvalue weighted by Gasteiger charge is -2.16. The first-order valence-electron chi connectivity index (χ1n) is 5.40. The van der Waals surface area contributed by atoms with Crippen LogP contribution in [0.4, 0.5) is 5.69 Å². The third-order valence-electron chi connectivity index (χ3n) is 2.65. The Morgan fingerprint density at radius 2 is 2.12 bits per heavy atom. The number of hydrogen-bond acceptors (Lipinski definition) is 4. The number of aliphatic hydroxyl groups is 1. The van der Waals surface area contributed by atoms with Gasteiger partial charge in [0.15, 0.2) is 0 Å². The van der Waals surface area contributed by atoms with E-state index in [0.717, 1.165) is 0 Å². The third-order valence-corrected chi connectivity index (χ3v) is 4.32. The summed E-state index contributed by atoms with van der Waals surface area (Å²) < 4.78 is 26.6. The number of aliphatic hydroxyl groups excluding tert-OH is 1. The molecule has 0 amide bonds. The summed E-state index contributed by atoms with van der Waals surface area (Å²) in [6.45, 7) is 3.23. The third kappa shape index (κ3) is 3.18. The number of rotatable bonds is 5. The number of nitrogens with one attached hydrogen (secondary N) is 1. The average Bonchev–Trinajstić information content (AvgIpc) is 2.29. The highest BCUT2D eigenvalue weighted by Crippen LogP contribution is 2.20. The van der Waals surface area contributed by atoms with Crippen molar-refractivity contribution in [3.8, 4) is 0 Å². The minimum atomic E-state index is -3.63. The molecule has 0 radical (unpaired) electrons. The maximum atomic E-state index is 12.1. The number of sulfonamides is 1. The molecule has 17 heavy (non-hydrogen) atoms. The number of hydrogen-bond donors (Lipinski definition) is 3. The molecule has 0 saturated carbocycles. The molecule has 96 valence electrons. The normalized spacial score (nSPS) is 13.6. The summed E-state index contributed by atoms with van der Waals surface area (Å²) in [5.74, 6) is 0. The Labute approximate surface area is 102 Å². The highest BCUT2D eigenvalue weighted by atomic mass is 32.2. The summed E-state index contributed by atoms with van der Waals surface area (Å²) >= 11 is 0. The van der Waals surface area contributed by atoms with Gasteiger partial charge in [-0.3, -0.25) is 0 Å². The second-order valence-electron chi connectivity index (χ2n) is 3.88. The SMILES string of the molecule is CC[C@H](CO)NS(=O)(=O)c1cccc(N)c1C. The standard InChI is InChI=1S/C11H18N2O3S/c1-3-9(7-14)13-17(15,16)11-6-4-5-10(12)8(11)2/h4-6,9,13-14H,3,7,12H2,1-2H3/t9-/m1/s1. The van der Waals surface area contributed by atoms with Crippen LogP contribution >= 0.6 is 0 Å². The summed E-state index contributed by atoms with van der Waals surface area (Å²) in [5, 5.41) is 9.01. The first-order chi connectivity index (χ1) is 7.92. The molecule has 0 unspecified atom stereocenters. The molecule has 1 aromatic carbocycles. The van der Waals surface area contributed by atoms with E-state index in [0.29, 0.717) is 17.7 Å². The maximum absolute atomic E-state index is 12.1. The molecule has 0 aliphatic heterocycles. The molecule has 0 saturated heterocycles. The number of nitrogens with two attached hydrogens (primary N) is 1. The van der Waals surface area contributed by atoms with Gasteiger partial charge in [-0.2, -0.15) is 0 Å². The van der Waals surface area contributed by atoms with Gasteiger partial charge in [-0.05, 0) is 31.0 Å². The lowest BCUT2D eigenvalue weighted by atomic mass is 10.2. The minimum Gasteiger partial charge on any atom is -0.398 e. The van der Waals surface area contributed by atoms with Crippen LogP contribution in [0.2, 0.25) is 0 Å². The quantitative estimate of drug-likeness (QED) is 0.675. The van der Waals surface area contributed by atoms with Crippen molar-refractivity contribution < 1.29 is 13.5 Å². The molecule has 0 aromatic heterocycles. The molecule has 6 heteroatoms. The predicted octanol–water partition coefficient (Wildman–Crippen LogP) is 0.626. The zero-order chi connectivity index (χ0) is 13.1. The van der Waals surface area contributed by atoms with Crippen LogP contribution in [-0.4, -0.2) is 26.2 Å². The van der Waals surface area contributed by atoms with Gasteiger partial charge in [0, 0.05) is 11.7 Å². The van der Waals surface area contributed by atoms with Crippen molar-refractivity contribution in [3.05, 3.63) is 23.8 Å². The summed E-state index contributed by atoms with van der Waals surface area (Å²) in [6, 6.07) is 4.27. The van der Waals surface area contributed by atoms with Crippen LogP contribution in [0.15, 0.2) is 23.1 Å². The van der Waals surface area contributed by atoms with Crippen molar-refractivity contribution in [2.45, 2.75) is 31.2 Å². The maximum Gasteiger partial charge on any atom is 0.241 e. The Morgan fingerprint density at radius 3 is 2.65 bits per heavy atom. The van der Waals surface area contributed by atoms with E-state index in [1.54, 1.807) is 26.0 Å². The first-order valence-corrected chi connectivity index (χ1v) is 6.89. The number of anilines is 1. The van der Waals surface area contributed by atoms with E-state index in [1.807, 2.05) is 0 Å². The van der Waals surface area contributed by atoms with Crippen molar-refractivity contribution in [1.82, 2.24) is 4.72 Å². The molecular weight excluding hydrogens is 240 g/mol. The lowest BCUT2D eigenvalue weighted by Crippen LogP contribution is -2.37. The Balaban J connectivity index is 3.09. The Morgan fingerprint density at radius 1 is 1.47 bits per heavy atom. The predicted molar refractivity (Wildman–Crippen MR) is 67.1 cm³/mol. The monoisotopic (exact) mass is 258 g/mol. The van der Waals surface area contributed by atoms with E-state index >= 15 is 0 Å². The van der Waals surface area contributed by atoms with Gasteiger partial charge in [0.05, 0.1) is 11.5 Å². The molecule has 1 rings (SSSR count). The second-order valence-corrected chi connectivity index (χ2v) is 5.56. The number of benzene rings is 1. The van der Waals surface area contributed by atoms with Gasteiger partial charge in [-0.15, -0.1) is 0 Å². The fraction of sp³-hybridized carbons (Fsp3) is 0.455. The highest BCUT2D eigenvalue weighted by Gasteiger charge is 2.20. The largest absolute Gasteiger partial charge is 0.398 e. The van der Waals surface area contributed by atoms with Crippen molar-refractivity contribution in [2.75, 3.05) is 12.3 Å². The molecule has 5 nitrogen and oxygen atoms in total. The molecule has 0 bridgehead atoms. The van der Waals surface area contributed by atoms with Gasteiger partial charge < -0.3 is 10.8 Å². The van der Waals surface area contributed by atoms with E-state index in [1.165, 1.54) is 6.07 Å². The Bertz CT molecular complexity index is 481. The molecule has 1 aromatic rings. The Kier molecular flexibility index (Phi) is 4.50. The first kappa shape index (κ1) is 14.0. The smallest absolute Gasteiger partial charge is 0.241 e. The summed E-state index contributed by atoms with van der Waals surface area (Å²) in [7, 11) is -3.63. The van der Waals surface area contributed by atoms with E-state index < -0.39 is 16.1 Å². The van der Waals surface area contributed by atoms with Crippen LogP contribution in [0, 0.1) is 6.92 Å². The molecule has 0 heterocycles. The molecule has 0 fully saturated rings. The highest BCUT2D eigenvalue weighted by molar-refractivity contribution is 7.89. The number of nitrogen functional groups attached to an aromatic ring is 1. The van der Waals surface area contributed by atoms with Crippen molar-refractivity contribution in [2.24, 2.45) is 0 Å². The van der Waals surface area contributed by atoms with E-state index in [-0.39, 0.29) is 11.5 Å². The molecule has 0 spiro atoms. The van der Waals surface area contributed by atoms with E-state index in [4.69, 9.17) is 10.8 Å². The average molecular weight is 258 g/mol. The summed E-state index contributed by atoms with van der Waals surface area (Å²) in [4.78, 5) is 0.157. The topological polar surface area (TPSA) is 92.4 Å². The molecule has 4 N–H and O–H groups in total. The fourth-order valence-electron chi connectivity index (χ4n) is 1.46. The van der Waals surface area contributed by atoms with Gasteiger partial charge in [0.2, 0.25) is 10.0 Å². The van der Waals surface area contributed by atoms with Gasteiger partial charge >= 0.3 is 0 Å². The second kappa shape index (κ2) is 5.48. The Hall–Kier alpha value is -1.11. The molecule has 0 aliphatic rings. The van der Waals surface area contributed by atoms with Gasteiger partial charge in [0.25, 0.3) is 0 Å². The van der Waals surface area contributed by atoms with Crippen LogP contribution < -0.4 is 10.5 Å². The lowest BCUT2D eigenvalue weighted by molar-refractivity contribution is 0.254. The fourth-order valence-corrected chi connectivity index (χ4v) is 3.04. The van der Waals surface area contributed by atoms with Crippen molar-refractivity contribution in [1.29, 1.82) is 0 Å². The van der Waals surface area contributed by atoms with Crippen LogP contribution in [0.25, 0.3) is 0 Å². The molecular formula is C11H18N2O3S. The minimum absolute atomic E-state index is 0.157. The summed E-state index contributed by atoms with van der Waals surface area (Å²) in [6.07, 6.45) is 0.525. The molecule has 1 atom stereocenters. The van der Waals surface area contributed by atoms with Crippen LogP contribution in [0.3, 0.4) is 0 Å². The van der Waals surface area contributed by atoms with Gasteiger partial charge in [0.1, 0.15) is 0 Å². The van der Waals surface area contributed by atoms with Crippen LogP contribution in [0.5, 0.6) is 0 Å². The zero-order valence-electron chi connectivity index (χ0n) is 9.97. The van der Waals surface area contributed by atoms with Gasteiger partial charge in [-0.25, -0.2) is 13.1 Å². The molecule has 0 aliphatic carbocycles. The van der Waals surface area contributed by atoms with Crippen LogP contribution in [-0.2, 0) is 10.0 Å². The van der Waals surface area contributed by atoms with E-state index in [9.17, 15) is 8.42 Å². The summed E-state index contributed by atoms with van der Waals surface area (Å²) in [5.41, 5.74) is 6.63. The van der Waals surface area contributed by atoms with Crippen LogP contribution in [0.1, 0.15) is 18.9 Å². The van der Waals surface area contributed by atoms with Crippen molar-refractivity contribution >= 4 is 15.7 Å².